The first-order valence-corrected chi connectivity index (χ1v) is 7.50. The largest absolute Gasteiger partial charge is 0.366 e. The fourth-order valence-corrected chi connectivity index (χ4v) is 2.35. The molecule has 1 aromatic heterocycles. The van der Waals surface area contributed by atoms with Gasteiger partial charge in [-0.3, -0.25) is 0 Å². The number of halogens is 2. The molecule has 0 saturated heterocycles. The summed E-state index contributed by atoms with van der Waals surface area (Å²) in [6, 6.07) is 9.27. The molecule has 3 nitrogen and oxygen atoms in total. The Labute approximate surface area is 132 Å². The van der Waals surface area contributed by atoms with Crippen LogP contribution in [0.3, 0.4) is 0 Å². The number of thioether (sulfide) groups is 1. The zero-order valence-corrected chi connectivity index (χ0v) is 12.8. The van der Waals surface area contributed by atoms with Crippen molar-refractivity contribution in [2.75, 3.05) is 11.1 Å². The van der Waals surface area contributed by atoms with Crippen LogP contribution < -0.4 is 5.32 Å². The van der Waals surface area contributed by atoms with Crippen molar-refractivity contribution < 1.29 is 0 Å². The smallest absolute Gasteiger partial charge is 0.191 e. The van der Waals surface area contributed by atoms with Crippen molar-refractivity contribution in [1.82, 2.24) is 9.97 Å². The van der Waals surface area contributed by atoms with Crippen molar-refractivity contribution in [2.45, 2.75) is 11.7 Å². The van der Waals surface area contributed by atoms with Gasteiger partial charge in [0.1, 0.15) is 11.0 Å². The molecule has 20 heavy (non-hydrogen) atoms. The van der Waals surface area contributed by atoms with Gasteiger partial charge in [0.25, 0.3) is 0 Å². The number of terminal acetylenes is 1. The summed E-state index contributed by atoms with van der Waals surface area (Å²) in [5, 5.41) is 4.86. The van der Waals surface area contributed by atoms with Crippen molar-refractivity contribution >= 4 is 40.8 Å². The predicted octanol–water partition coefficient (Wildman–Crippen LogP) is 4.12. The molecular formula is C14H11Cl2N3S. The monoisotopic (exact) mass is 323 g/mol. The molecule has 0 amide bonds. The van der Waals surface area contributed by atoms with Gasteiger partial charge in [0.2, 0.25) is 0 Å². The summed E-state index contributed by atoms with van der Waals surface area (Å²) in [7, 11) is 0. The van der Waals surface area contributed by atoms with Crippen LogP contribution in [0.25, 0.3) is 0 Å². The highest BCUT2D eigenvalue weighted by Gasteiger charge is 2.03. The molecule has 1 N–H and O–H groups in total. The highest BCUT2D eigenvalue weighted by atomic mass is 35.5. The number of anilines is 1. The molecule has 0 aliphatic rings. The van der Waals surface area contributed by atoms with E-state index in [4.69, 9.17) is 29.6 Å². The average Bonchev–Trinajstić information content (AvgIpc) is 2.44. The summed E-state index contributed by atoms with van der Waals surface area (Å²) in [4.78, 5) is 8.44. The fourth-order valence-electron chi connectivity index (χ4n) is 1.45. The van der Waals surface area contributed by atoms with Gasteiger partial charge < -0.3 is 5.32 Å². The van der Waals surface area contributed by atoms with Crippen LogP contribution in [0.4, 0.5) is 5.82 Å². The van der Waals surface area contributed by atoms with Gasteiger partial charge in [0.15, 0.2) is 5.16 Å². The molecule has 0 bridgehead atoms. The summed E-state index contributed by atoms with van der Waals surface area (Å²) < 4.78 is 0. The second-order valence-electron chi connectivity index (χ2n) is 3.83. The molecule has 1 heterocycles. The Hall–Kier alpha value is -1.41. The van der Waals surface area contributed by atoms with Crippen molar-refractivity contribution in [3.05, 3.63) is 46.1 Å². The van der Waals surface area contributed by atoms with Gasteiger partial charge in [-0.15, -0.1) is 6.42 Å². The standard InChI is InChI=1S/C14H11Cl2N3S/c1-2-7-20-14-18-12(16)8-13(19-14)17-9-10-3-5-11(15)6-4-10/h1,3-6,8H,7,9H2,(H,17,18,19). The molecular weight excluding hydrogens is 313 g/mol. The third kappa shape index (κ3) is 4.61. The van der Waals surface area contributed by atoms with Gasteiger partial charge in [-0.2, -0.15) is 0 Å². The highest BCUT2D eigenvalue weighted by molar-refractivity contribution is 7.99. The Kier molecular flexibility index (Phi) is 5.54. The first-order valence-electron chi connectivity index (χ1n) is 5.76. The molecule has 0 aliphatic heterocycles. The predicted molar refractivity (Wildman–Crippen MR) is 85.4 cm³/mol. The minimum absolute atomic E-state index is 0.387. The highest BCUT2D eigenvalue weighted by Crippen LogP contribution is 2.19. The van der Waals surface area contributed by atoms with E-state index in [1.165, 1.54) is 11.8 Å². The van der Waals surface area contributed by atoms with Crippen molar-refractivity contribution in [3.8, 4) is 12.3 Å². The Balaban J connectivity index is 2.03. The van der Waals surface area contributed by atoms with E-state index in [9.17, 15) is 0 Å². The molecule has 0 unspecified atom stereocenters. The summed E-state index contributed by atoms with van der Waals surface area (Å²) in [6.07, 6.45) is 5.21. The summed E-state index contributed by atoms with van der Waals surface area (Å²) in [5.74, 6) is 3.70. The van der Waals surface area contributed by atoms with Crippen molar-refractivity contribution in [1.29, 1.82) is 0 Å². The van der Waals surface area contributed by atoms with Gasteiger partial charge in [-0.1, -0.05) is 53.0 Å². The number of nitrogens with one attached hydrogen (secondary N) is 1. The van der Waals surface area contributed by atoms with Crippen LogP contribution in [0.2, 0.25) is 10.2 Å². The summed E-state index contributed by atoms with van der Waals surface area (Å²) in [6.45, 7) is 0.629. The van der Waals surface area contributed by atoms with Crippen molar-refractivity contribution in [2.24, 2.45) is 0 Å². The second kappa shape index (κ2) is 7.39. The summed E-state index contributed by atoms with van der Waals surface area (Å²) in [5.41, 5.74) is 1.10. The third-order valence-electron chi connectivity index (χ3n) is 2.35. The van der Waals surface area contributed by atoms with E-state index in [2.05, 4.69) is 21.2 Å². The topological polar surface area (TPSA) is 37.8 Å². The van der Waals surface area contributed by atoms with E-state index in [0.717, 1.165) is 5.56 Å². The number of nitrogens with zero attached hydrogens (tertiary/aromatic N) is 2. The zero-order valence-electron chi connectivity index (χ0n) is 10.4. The quantitative estimate of drug-likeness (QED) is 0.389. The number of benzene rings is 1. The molecule has 0 atom stereocenters. The maximum Gasteiger partial charge on any atom is 0.191 e. The molecule has 0 saturated carbocycles. The Morgan fingerprint density at radius 2 is 1.95 bits per heavy atom. The van der Waals surface area contributed by atoms with Gasteiger partial charge in [0.05, 0.1) is 5.75 Å². The fraction of sp³-hybridized carbons (Fsp3) is 0.143. The lowest BCUT2D eigenvalue weighted by molar-refractivity contribution is 0.955. The van der Waals surface area contributed by atoms with Crippen LogP contribution in [-0.4, -0.2) is 15.7 Å². The number of rotatable bonds is 5. The molecule has 0 fully saturated rings. The first-order chi connectivity index (χ1) is 9.67. The lowest BCUT2D eigenvalue weighted by Crippen LogP contribution is -2.03. The van der Waals surface area contributed by atoms with Crippen molar-refractivity contribution in [3.63, 3.8) is 0 Å². The zero-order chi connectivity index (χ0) is 14.4. The van der Waals surface area contributed by atoms with Gasteiger partial charge in [-0.05, 0) is 17.7 Å². The van der Waals surface area contributed by atoms with E-state index >= 15 is 0 Å². The maximum atomic E-state index is 5.96. The van der Waals surface area contributed by atoms with E-state index in [0.29, 0.717) is 33.4 Å². The van der Waals surface area contributed by atoms with Crippen LogP contribution in [0, 0.1) is 12.3 Å². The van der Waals surface area contributed by atoms with Crippen LogP contribution in [0.1, 0.15) is 5.56 Å². The Morgan fingerprint density at radius 1 is 1.20 bits per heavy atom. The normalized spacial score (nSPS) is 10.1. The second-order valence-corrected chi connectivity index (χ2v) is 5.60. The van der Waals surface area contributed by atoms with Crippen LogP contribution in [0.15, 0.2) is 35.5 Å². The SMILES string of the molecule is C#CCSc1nc(Cl)cc(NCc2ccc(Cl)cc2)n1. The molecule has 0 spiro atoms. The maximum absolute atomic E-state index is 5.96. The molecule has 102 valence electrons. The molecule has 1 aromatic carbocycles. The Morgan fingerprint density at radius 3 is 2.65 bits per heavy atom. The molecule has 0 aliphatic carbocycles. The molecule has 2 rings (SSSR count). The van der Waals surface area contributed by atoms with Crippen LogP contribution >= 0.6 is 35.0 Å². The van der Waals surface area contributed by atoms with E-state index < -0.39 is 0 Å². The van der Waals surface area contributed by atoms with Gasteiger partial charge in [0, 0.05) is 17.6 Å². The lowest BCUT2D eigenvalue weighted by atomic mass is 10.2. The minimum Gasteiger partial charge on any atom is -0.366 e. The van der Waals surface area contributed by atoms with E-state index in [1.54, 1.807) is 6.07 Å². The molecule has 6 heteroatoms. The van der Waals surface area contributed by atoms with Gasteiger partial charge >= 0.3 is 0 Å². The molecule has 0 radical (unpaired) electrons. The van der Waals surface area contributed by atoms with E-state index in [-0.39, 0.29) is 0 Å². The molecule has 2 aromatic rings. The Bertz CT molecular complexity index is 623. The number of hydrogen-bond acceptors (Lipinski definition) is 4. The van der Waals surface area contributed by atoms with E-state index in [1.807, 2.05) is 24.3 Å². The lowest BCUT2D eigenvalue weighted by Gasteiger charge is -2.07. The third-order valence-corrected chi connectivity index (χ3v) is 3.54. The number of aromatic nitrogens is 2. The minimum atomic E-state index is 0.387. The first kappa shape index (κ1) is 15.0. The van der Waals surface area contributed by atoms with Gasteiger partial charge in [-0.25, -0.2) is 9.97 Å². The average molecular weight is 324 g/mol. The van der Waals surface area contributed by atoms with Crippen LogP contribution in [-0.2, 0) is 6.54 Å². The van der Waals surface area contributed by atoms with Crippen LogP contribution in [0.5, 0.6) is 0 Å². The number of hydrogen-bond donors (Lipinski definition) is 1. The summed E-state index contributed by atoms with van der Waals surface area (Å²) >= 11 is 13.2.